The molecule has 0 atom stereocenters. The van der Waals surface area contributed by atoms with Crippen molar-refractivity contribution in [2.45, 2.75) is 27.7 Å². The predicted molar refractivity (Wildman–Crippen MR) is 240 cm³/mol. The van der Waals surface area contributed by atoms with Gasteiger partial charge in [0.05, 0.1) is 0 Å². The first kappa shape index (κ1) is 36.0. The average molecular weight is 727 g/mol. The van der Waals surface area contributed by atoms with Crippen molar-refractivity contribution < 1.29 is 0 Å². The van der Waals surface area contributed by atoms with Crippen molar-refractivity contribution in [3.05, 3.63) is 216 Å². The SMILES string of the molecule is Cc1ccccc1N(c1ccc(Nc2ccc(-c3ccc(Nc4ccc(N(c5ccccc5C)c5ccccc5C)cc4)cc3)cc2)cc1)c1ccccc1C. The molecule has 0 aromatic heterocycles. The number of nitrogens with one attached hydrogen (secondary N) is 2. The summed E-state index contributed by atoms with van der Waals surface area (Å²) in [7, 11) is 0. The summed E-state index contributed by atoms with van der Waals surface area (Å²) in [6, 6.07) is 68.8. The van der Waals surface area contributed by atoms with Crippen LogP contribution in [-0.4, -0.2) is 0 Å². The summed E-state index contributed by atoms with van der Waals surface area (Å²) in [5.74, 6) is 0. The molecule has 0 spiro atoms. The van der Waals surface area contributed by atoms with Gasteiger partial charge in [0.25, 0.3) is 0 Å². The minimum absolute atomic E-state index is 1.04. The molecule has 0 aliphatic rings. The summed E-state index contributed by atoms with van der Waals surface area (Å²) in [5.41, 5.74) is 18.4. The second-order valence-corrected chi connectivity index (χ2v) is 14.3. The Labute approximate surface area is 331 Å². The lowest BCUT2D eigenvalue weighted by Crippen LogP contribution is -2.12. The van der Waals surface area contributed by atoms with Gasteiger partial charge in [-0.25, -0.2) is 0 Å². The Kier molecular flexibility index (Phi) is 10.4. The van der Waals surface area contributed by atoms with Gasteiger partial charge < -0.3 is 20.4 Å². The molecule has 0 aliphatic heterocycles. The van der Waals surface area contributed by atoms with Crippen LogP contribution in [-0.2, 0) is 0 Å². The minimum atomic E-state index is 1.04. The summed E-state index contributed by atoms with van der Waals surface area (Å²) in [4.78, 5) is 4.68. The third kappa shape index (κ3) is 7.77. The van der Waals surface area contributed by atoms with Crippen molar-refractivity contribution >= 4 is 56.9 Å². The molecule has 0 unspecified atom stereocenters. The monoisotopic (exact) mass is 726 g/mol. The maximum absolute atomic E-state index is 3.59. The summed E-state index contributed by atoms with van der Waals surface area (Å²) in [5, 5.41) is 7.18. The van der Waals surface area contributed by atoms with E-state index in [1.165, 1.54) is 56.1 Å². The Morgan fingerprint density at radius 3 is 0.750 bits per heavy atom. The van der Waals surface area contributed by atoms with Crippen LogP contribution in [0.5, 0.6) is 0 Å². The molecule has 8 aromatic carbocycles. The van der Waals surface area contributed by atoms with Crippen molar-refractivity contribution in [1.82, 2.24) is 0 Å². The average Bonchev–Trinajstić information content (AvgIpc) is 3.23. The van der Waals surface area contributed by atoms with Gasteiger partial charge in [-0.3, -0.25) is 0 Å². The van der Waals surface area contributed by atoms with Crippen molar-refractivity contribution in [2.75, 3.05) is 20.4 Å². The van der Waals surface area contributed by atoms with E-state index in [2.05, 4.69) is 242 Å². The van der Waals surface area contributed by atoms with Crippen molar-refractivity contribution in [3.8, 4) is 11.1 Å². The van der Waals surface area contributed by atoms with E-state index in [1.54, 1.807) is 0 Å². The quantitative estimate of drug-likeness (QED) is 0.139. The van der Waals surface area contributed by atoms with Gasteiger partial charge in [-0.2, -0.15) is 0 Å². The molecule has 0 saturated heterocycles. The van der Waals surface area contributed by atoms with E-state index < -0.39 is 0 Å². The number of hydrogen-bond acceptors (Lipinski definition) is 4. The molecule has 0 radical (unpaired) electrons. The minimum Gasteiger partial charge on any atom is -0.356 e. The molecule has 0 fully saturated rings. The summed E-state index contributed by atoms with van der Waals surface area (Å²) in [6.07, 6.45) is 0. The van der Waals surface area contributed by atoms with E-state index in [-0.39, 0.29) is 0 Å². The van der Waals surface area contributed by atoms with Gasteiger partial charge in [-0.1, -0.05) is 97.1 Å². The first-order chi connectivity index (χ1) is 27.4. The molecule has 0 amide bonds. The number of anilines is 10. The molecule has 0 bridgehead atoms. The van der Waals surface area contributed by atoms with Gasteiger partial charge in [0.1, 0.15) is 0 Å². The molecule has 8 aromatic rings. The maximum atomic E-state index is 3.59. The van der Waals surface area contributed by atoms with Gasteiger partial charge in [-0.05, 0) is 158 Å². The third-order valence-corrected chi connectivity index (χ3v) is 10.4. The third-order valence-electron chi connectivity index (χ3n) is 10.4. The van der Waals surface area contributed by atoms with E-state index in [9.17, 15) is 0 Å². The largest absolute Gasteiger partial charge is 0.356 e. The Hall–Kier alpha value is -7.04. The van der Waals surface area contributed by atoms with Crippen LogP contribution in [0.1, 0.15) is 22.3 Å². The van der Waals surface area contributed by atoms with Gasteiger partial charge in [0, 0.05) is 56.9 Å². The predicted octanol–water partition coefficient (Wildman–Crippen LogP) is 15.0. The summed E-state index contributed by atoms with van der Waals surface area (Å²) >= 11 is 0. The number of benzene rings is 8. The fourth-order valence-corrected chi connectivity index (χ4v) is 7.29. The van der Waals surface area contributed by atoms with Crippen LogP contribution in [0.2, 0.25) is 0 Å². The van der Waals surface area contributed by atoms with Gasteiger partial charge >= 0.3 is 0 Å². The smallest absolute Gasteiger partial charge is 0.0490 e. The highest BCUT2D eigenvalue weighted by atomic mass is 15.2. The highest BCUT2D eigenvalue weighted by Gasteiger charge is 2.17. The second-order valence-electron chi connectivity index (χ2n) is 14.3. The van der Waals surface area contributed by atoms with Crippen LogP contribution < -0.4 is 20.4 Å². The normalized spacial score (nSPS) is 10.9. The zero-order valence-electron chi connectivity index (χ0n) is 32.4. The highest BCUT2D eigenvalue weighted by Crippen LogP contribution is 2.40. The van der Waals surface area contributed by atoms with E-state index in [4.69, 9.17) is 0 Å². The summed E-state index contributed by atoms with van der Waals surface area (Å²) < 4.78 is 0. The standard InChI is InChI=1S/C52H46N4/c1-37-13-5-9-17-49(37)55(50-18-10-6-14-38(50)2)47-33-29-45(30-34-47)53-43-25-21-41(22-26-43)42-23-27-44(28-24-42)54-46-31-35-48(36-32-46)56(51-19-11-7-15-39(51)3)52-20-12-8-16-40(52)4/h5-36,53-54H,1-4H3. The van der Waals surface area contributed by atoms with Crippen molar-refractivity contribution in [1.29, 1.82) is 0 Å². The van der Waals surface area contributed by atoms with Crippen LogP contribution >= 0.6 is 0 Å². The number of para-hydroxylation sites is 4. The molecule has 8 rings (SSSR count). The topological polar surface area (TPSA) is 30.5 Å². The van der Waals surface area contributed by atoms with E-state index in [0.717, 1.165) is 34.1 Å². The number of aryl methyl sites for hydroxylation is 4. The Bertz CT molecular complexity index is 2280. The van der Waals surface area contributed by atoms with Crippen LogP contribution in [0.4, 0.5) is 56.9 Å². The van der Waals surface area contributed by atoms with Crippen LogP contribution in [0.15, 0.2) is 194 Å². The van der Waals surface area contributed by atoms with Crippen LogP contribution in [0, 0.1) is 27.7 Å². The molecule has 274 valence electrons. The number of nitrogens with zero attached hydrogens (tertiary/aromatic N) is 2. The Balaban J connectivity index is 0.934. The summed E-state index contributed by atoms with van der Waals surface area (Å²) in [6.45, 7) is 8.66. The molecule has 56 heavy (non-hydrogen) atoms. The molecule has 4 heteroatoms. The second kappa shape index (κ2) is 16.1. The van der Waals surface area contributed by atoms with E-state index >= 15 is 0 Å². The lowest BCUT2D eigenvalue weighted by molar-refractivity contribution is 1.23. The molecule has 2 N–H and O–H groups in total. The number of hydrogen-bond donors (Lipinski definition) is 2. The Morgan fingerprint density at radius 1 is 0.268 bits per heavy atom. The lowest BCUT2D eigenvalue weighted by Gasteiger charge is -2.28. The molecule has 0 aliphatic carbocycles. The van der Waals surface area contributed by atoms with Gasteiger partial charge in [0.15, 0.2) is 0 Å². The van der Waals surface area contributed by atoms with E-state index in [0.29, 0.717) is 0 Å². The molecular formula is C52H46N4. The maximum Gasteiger partial charge on any atom is 0.0490 e. The molecule has 4 nitrogen and oxygen atoms in total. The van der Waals surface area contributed by atoms with Crippen molar-refractivity contribution in [3.63, 3.8) is 0 Å². The van der Waals surface area contributed by atoms with E-state index in [1.807, 2.05) is 0 Å². The first-order valence-electron chi connectivity index (χ1n) is 19.2. The van der Waals surface area contributed by atoms with Crippen LogP contribution in [0.3, 0.4) is 0 Å². The zero-order chi connectivity index (χ0) is 38.4. The number of rotatable bonds is 11. The Morgan fingerprint density at radius 2 is 0.500 bits per heavy atom. The fourth-order valence-electron chi connectivity index (χ4n) is 7.29. The molecule has 0 saturated carbocycles. The van der Waals surface area contributed by atoms with Crippen LogP contribution in [0.25, 0.3) is 11.1 Å². The highest BCUT2D eigenvalue weighted by molar-refractivity contribution is 5.82. The molecule has 0 heterocycles. The fraction of sp³-hybridized carbons (Fsp3) is 0.0769. The first-order valence-corrected chi connectivity index (χ1v) is 19.2. The molecular weight excluding hydrogens is 681 g/mol. The van der Waals surface area contributed by atoms with Crippen molar-refractivity contribution in [2.24, 2.45) is 0 Å². The van der Waals surface area contributed by atoms with Gasteiger partial charge in [-0.15, -0.1) is 0 Å². The zero-order valence-corrected chi connectivity index (χ0v) is 32.4. The lowest BCUT2D eigenvalue weighted by atomic mass is 10.0. The van der Waals surface area contributed by atoms with Gasteiger partial charge in [0.2, 0.25) is 0 Å².